The summed E-state index contributed by atoms with van der Waals surface area (Å²) in [6.07, 6.45) is 2.24. The highest BCUT2D eigenvalue weighted by atomic mass is 35.5. The number of hydrogen-bond donors (Lipinski definition) is 0. The molecule has 0 radical (unpaired) electrons. The van der Waals surface area contributed by atoms with Crippen LogP contribution in [0.4, 0.5) is 0 Å². The highest BCUT2D eigenvalue weighted by Crippen LogP contribution is 2.28. The van der Waals surface area contributed by atoms with Gasteiger partial charge in [-0.3, -0.25) is 4.79 Å². The van der Waals surface area contributed by atoms with E-state index < -0.39 is 0 Å². The van der Waals surface area contributed by atoms with Gasteiger partial charge in [-0.25, -0.2) is 4.98 Å². The summed E-state index contributed by atoms with van der Waals surface area (Å²) in [7, 11) is 0. The van der Waals surface area contributed by atoms with Crippen molar-refractivity contribution in [3.05, 3.63) is 52.2 Å². The molecule has 0 aliphatic heterocycles. The predicted molar refractivity (Wildman–Crippen MR) is 70.6 cm³/mol. The minimum Gasteiger partial charge on any atom is -0.438 e. The Morgan fingerprint density at radius 2 is 2.00 bits per heavy atom. The Bertz CT molecular complexity index is 596. The van der Waals surface area contributed by atoms with E-state index in [1.54, 1.807) is 18.2 Å². The van der Waals surface area contributed by atoms with Gasteiger partial charge in [-0.15, -0.1) is 0 Å². The van der Waals surface area contributed by atoms with Crippen molar-refractivity contribution in [2.45, 2.75) is 13.8 Å². The van der Waals surface area contributed by atoms with Crippen molar-refractivity contribution in [3.8, 4) is 11.6 Å². The zero-order valence-corrected chi connectivity index (χ0v) is 10.9. The number of carbonyl (C=O) groups is 1. The van der Waals surface area contributed by atoms with Gasteiger partial charge in [0, 0.05) is 22.3 Å². The van der Waals surface area contributed by atoms with Crippen LogP contribution in [0.5, 0.6) is 11.6 Å². The SMILES string of the molecule is Cc1ccc(Cl)cc1Oc1ncc(C=O)cc1C. The maximum atomic E-state index is 10.6. The van der Waals surface area contributed by atoms with Crippen LogP contribution < -0.4 is 4.74 Å². The van der Waals surface area contributed by atoms with Crippen LogP contribution in [-0.4, -0.2) is 11.3 Å². The van der Waals surface area contributed by atoms with Gasteiger partial charge in [-0.05, 0) is 37.6 Å². The third-order valence-corrected chi connectivity index (χ3v) is 2.78. The van der Waals surface area contributed by atoms with E-state index in [4.69, 9.17) is 16.3 Å². The third kappa shape index (κ3) is 2.68. The van der Waals surface area contributed by atoms with Crippen molar-refractivity contribution < 1.29 is 9.53 Å². The number of pyridine rings is 1. The van der Waals surface area contributed by atoms with Crippen LogP contribution in [-0.2, 0) is 0 Å². The van der Waals surface area contributed by atoms with Gasteiger partial charge in [-0.1, -0.05) is 17.7 Å². The summed E-state index contributed by atoms with van der Waals surface area (Å²) in [5.74, 6) is 1.14. The van der Waals surface area contributed by atoms with E-state index in [0.29, 0.717) is 22.2 Å². The average molecular weight is 262 g/mol. The Balaban J connectivity index is 2.34. The second-order valence-corrected chi connectivity index (χ2v) is 4.46. The second kappa shape index (κ2) is 5.19. The van der Waals surface area contributed by atoms with Gasteiger partial charge in [0.2, 0.25) is 5.88 Å². The Labute approximate surface area is 110 Å². The summed E-state index contributed by atoms with van der Waals surface area (Å²) in [4.78, 5) is 14.7. The molecule has 0 spiro atoms. The number of aromatic nitrogens is 1. The van der Waals surface area contributed by atoms with Crippen LogP contribution in [0.2, 0.25) is 5.02 Å². The normalized spacial score (nSPS) is 10.2. The summed E-state index contributed by atoms with van der Waals surface area (Å²) in [6, 6.07) is 7.16. The van der Waals surface area contributed by atoms with Crippen molar-refractivity contribution in [3.63, 3.8) is 0 Å². The number of rotatable bonds is 3. The van der Waals surface area contributed by atoms with Gasteiger partial charge in [-0.2, -0.15) is 0 Å². The maximum absolute atomic E-state index is 10.6. The van der Waals surface area contributed by atoms with Crippen LogP contribution in [0.1, 0.15) is 21.5 Å². The minimum absolute atomic E-state index is 0.478. The van der Waals surface area contributed by atoms with Crippen LogP contribution in [0.15, 0.2) is 30.5 Å². The molecule has 0 atom stereocenters. The number of carbonyl (C=O) groups excluding carboxylic acids is 1. The molecule has 0 aliphatic rings. The fourth-order valence-corrected chi connectivity index (χ4v) is 1.71. The van der Waals surface area contributed by atoms with E-state index in [0.717, 1.165) is 17.4 Å². The van der Waals surface area contributed by atoms with Crippen LogP contribution in [0.25, 0.3) is 0 Å². The van der Waals surface area contributed by atoms with Crippen molar-refractivity contribution in [2.24, 2.45) is 0 Å². The summed E-state index contributed by atoms with van der Waals surface area (Å²) < 4.78 is 5.71. The molecular formula is C14H12ClNO2. The lowest BCUT2D eigenvalue weighted by Gasteiger charge is -2.10. The molecule has 1 aromatic carbocycles. The maximum Gasteiger partial charge on any atom is 0.222 e. The summed E-state index contributed by atoms with van der Waals surface area (Å²) in [5.41, 5.74) is 2.31. The van der Waals surface area contributed by atoms with E-state index in [9.17, 15) is 4.79 Å². The van der Waals surface area contributed by atoms with E-state index in [1.165, 1.54) is 6.20 Å². The molecule has 0 bridgehead atoms. The number of hydrogen-bond acceptors (Lipinski definition) is 3. The highest BCUT2D eigenvalue weighted by molar-refractivity contribution is 6.30. The molecule has 0 N–H and O–H groups in total. The number of aryl methyl sites for hydroxylation is 2. The number of nitrogens with zero attached hydrogens (tertiary/aromatic N) is 1. The summed E-state index contributed by atoms with van der Waals surface area (Å²) >= 11 is 5.92. The molecule has 0 saturated carbocycles. The Morgan fingerprint density at radius 3 is 2.67 bits per heavy atom. The third-order valence-electron chi connectivity index (χ3n) is 2.54. The smallest absolute Gasteiger partial charge is 0.222 e. The Hall–Kier alpha value is -1.87. The van der Waals surface area contributed by atoms with Gasteiger partial charge in [0.05, 0.1) is 0 Å². The molecule has 3 nitrogen and oxygen atoms in total. The van der Waals surface area contributed by atoms with Gasteiger partial charge in [0.25, 0.3) is 0 Å². The molecule has 0 aliphatic carbocycles. The topological polar surface area (TPSA) is 39.2 Å². The average Bonchev–Trinajstić information content (AvgIpc) is 2.36. The second-order valence-electron chi connectivity index (χ2n) is 4.02. The van der Waals surface area contributed by atoms with E-state index in [1.807, 2.05) is 19.9 Å². The molecule has 0 amide bonds. The first-order chi connectivity index (χ1) is 8.60. The fourth-order valence-electron chi connectivity index (χ4n) is 1.54. The van der Waals surface area contributed by atoms with Crippen molar-refractivity contribution in [1.29, 1.82) is 0 Å². The standard InChI is InChI=1S/C14H12ClNO2/c1-9-3-4-12(15)6-13(9)18-14-10(2)5-11(8-17)7-16-14/h3-8H,1-2H3. The largest absolute Gasteiger partial charge is 0.438 e. The first kappa shape index (κ1) is 12.6. The molecule has 92 valence electrons. The highest BCUT2D eigenvalue weighted by Gasteiger charge is 2.07. The summed E-state index contributed by atoms with van der Waals surface area (Å²) in [5, 5.41) is 0.609. The van der Waals surface area contributed by atoms with Crippen LogP contribution in [0.3, 0.4) is 0 Å². The number of halogens is 1. The van der Waals surface area contributed by atoms with Crippen molar-refractivity contribution >= 4 is 17.9 Å². The first-order valence-corrected chi connectivity index (χ1v) is 5.84. The first-order valence-electron chi connectivity index (χ1n) is 5.46. The minimum atomic E-state index is 0.478. The molecule has 2 rings (SSSR count). The molecule has 18 heavy (non-hydrogen) atoms. The van der Waals surface area contributed by atoms with Crippen LogP contribution >= 0.6 is 11.6 Å². The quantitative estimate of drug-likeness (QED) is 0.785. The molecular weight excluding hydrogens is 250 g/mol. The van der Waals surface area contributed by atoms with Gasteiger partial charge in [0.1, 0.15) is 5.75 Å². The Morgan fingerprint density at radius 1 is 1.22 bits per heavy atom. The molecule has 4 heteroatoms. The molecule has 1 aromatic heterocycles. The molecule has 0 saturated heterocycles. The van der Waals surface area contributed by atoms with E-state index in [-0.39, 0.29) is 0 Å². The monoisotopic (exact) mass is 261 g/mol. The molecule has 2 aromatic rings. The van der Waals surface area contributed by atoms with Gasteiger partial charge in [0.15, 0.2) is 6.29 Å². The lowest BCUT2D eigenvalue weighted by atomic mass is 10.2. The summed E-state index contributed by atoms with van der Waals surface area (Å²) in [6.45, 7) is 3.77. The van der Waals surface area contributed by atoms with Crippen molar-refractivity contribution in [1.82, 2.24) is 4.98 Å². The van der Waals surface area contributed by atoms with E-state index >= 15 is 0 Å². The molecule has 0 fully saturated rings. The fraction of sp³-hybridized carbons (Fsp3) is 0.143. The molecule has 0 unspecified atom stereocenters. The number of benzene rings is 1. The number of aldehydes is 1. The number of ether oxygens (including phenoxy) is 1. The lowest BCUT2D eigenvalue weighted by Crippen LogP contribution is -1.94. The van der Waals surface area contributed by atoms with Gasteiger partial charge >= 0.3 is 0 Å². The predicted octanol–water partition coefficient (Wildman–Crippen LogP) is 3.96. The molecule has 1 heterocycles. The lowest BCUT2D eigenvalue weighted by molar-refractivity contribution is 0.112. The zero-order valence-electron chi connectivity index (χ0n) is 10.1. The van der Waals surface area contributed by atoms with Gasteiger partial charge < -0.3 is 4.74 Å². The van der Waals surface area contributed by atoms with Crippen LogP contribution in [0, 0.1) is 13.8 Å². The van der Waals surface area contributed by atoms with Crippen molar-refractivity contribution in [2.75, 3.05) is 0 Å². The van der Waals surface area contributed by atoms with E-state index in [2.05, 4.69) is 4.98 Å². The Kier molecular flexibility index (Phi) is 3.63. The zero-order chi connectivity index (χ0) is 13.1.